The topological polar surface area (TPSA) is 70.0 Å². The minimum absolute atomic E-state index is 0.0400. The van der Waals surface area contributed by atoms with Crippen LogP contribution in [0.2, 0.25) is 0 Å². The average Bonchev–Trinajstić information content (AvgIpc) is 3.49. The number of carbonyl (C=O) groups is 1. The number of aromatic nitrogens is 1. The fourth-order valence-corrected chi connectivity index (χ4v) is 6.99. The predicted octanol–water partition coefficient (Wildman–Crippen LogP) is 4.51. The number of urea groups is 1. The molecule has 1 saturated carbocycles. The molecule has 2 aromatic carbocycles. The van der Waals surface area contributed by atoms with Crippen LogP contribution in [-0.4, -0.2) is 65.4 Å². The molecule has 1 aromatic heterocycles. The highest BCUT2D eigenvalue weighted by molar-refractivity contribution is 5.92. The molecule has 3 aromatic rings. The number of anilines is 1. The van der Waals surface area contributed by atoms with Gasteiger partial charge in [0, 0.05) is 61.5 Å². The van der Waals surface area contributed by atoms with Crippen molar-refractivity contribution in [3.8, 4) is 5.75 Å². The monoisotopic (exact) mass is 488 g/mol. The Balaban J connectivity index is 1.37. The van der Waals surface area contributed by atoms with Crippen LogP contribution < -0.4 is 10.1 Å². The number of amides is 2. The summed E-state index contributed by atoms with van der Waals surface area (Å²) in [4.78, 5) is 17.5. The summed E-state index contributed by atoms with van der Waals surface area (Å²) >= 11 is 0. The molecule has 1 spiro atoms. The third kappa shape index (κ3) is 3.76. The molecule has 3 heterocycles. The third-order valence-electron chi connectivity index (χ3n) is 8.69. The quantitative estimate of drug-likeness (QED) is 0.554. The smallest absolute Gasteiger partial charge is 0.321 e. The van der Waals surface area contributed by atoms with Crippen molar-refractivity contribution in [1.29, 1.82) is 0 Å². The van der Waals surface area contributed by atoms with Gasteiger partial charge in [0.15, 0.2) is 0 Å². The van der Waals surface area contributed by atoms with E-state index < -0.39 is 0 Å². The zero-order valence-electron chi connectivity index (χ0n) is 21.2. The Morgan fingerprint density at radius 3 is 2.56 bits per heavy atom. The van der Waals surface area contributed by atoms with Gasteiger partial charge in [-0.05, 0) is 48.6 Å². The van der Waals surface area contributed by atoms with Gasteiger partial charge in [-0.3, -0.25) is 4.90 Å². The molecule has 3 aliphatic rings. The van der Waals surface area contributed by atoms with Crippen molar-refractivity contribution < 1.29 is 14.6 Å². The average molecular weight is 489 g/mol. The summed E-state index contributed by atoms with van der Waals surface area (Å²) in [6, 6.07) is 15.8. The number of aliphatic hydroxyl groups is 1. The van der Waals surface area contributed by atoms with Gasteiger partial charge >= 0.3 is 6.03 Å². The number of nitrogens with zero attached hydrogens (tertiary/aromatic N) is 3. The zero-order chi connectivity index (χ0) is 24.9. The Labute approximate surface area is 212 Å². The standard InChI is InChI=1S/C29H36N4O3/c1-31-24-14-22(36-2)12-13-23(24)26-27(31)25(16-34)32(15-20-8-6-7-9-20)17-29(26)18-33(19-29)28(35)30-21-10-4-3-5-11-21/h3-5,10-14,20,25,34H,6-9,15-19H2,1-2H3,(H,30,35)/t25-/m0/s1. The minimum Gasteiger partial charge on any atom is -0.497 e. The molecule has 1 atom stereocenters. The van der Waals surface area contributed by atoms with Gasteiger partial charge in [0.1, 0.15) is 5.75 Å². The van der Waals surface area contributed by atoms with Gasteiger partial charge in [0.25, 0.3) is 0 Å². The molecule has 0 unspecified atom stereocenters. The summed E-state index contributed by atoms with van der Waals surface area (Å²) in [5.74, 6) is 1.51. The fourth-order valence-electron chi connectivity index (χ4n) is 6.99. The van der Waals surface area contributed by atoms with Crippen LogP contribution in [0.1, 0.15) is 43.0 Å². The van der Waals surface area contributed by atoms with Crippen LogP contribution in [0, 0.1) is 5.92 Å². The molecule has 36 heavy (non-hydrogen) atoms. The molecular weight excluding hydrogens is 452 g/mol. The van der Waals surface area contributed by atoms with Gasteiger partial charge < -0.3 is 24.6 Å². The molecule has 2 fully saturated rings. The number of benzene rings is 2. The summed E-state index contributed by atoms with van der Waals surface area (Å²) in [7, 11) is 3.80. The Bertz CT molecular complexity index is 1260. The van der Waals surface area contributed by atoms with Gasteiger partial charge in [-0.1, -0.05) is 31.0 Å². The van der Waals surface area contributed by atoms with Gasteiger partial charge in [-0.2, -0.15) is 0 Å². The first-order valence-electron chi connectivity index (χ1n) is 13.2. The summed E-state index contributed by atoms with van der Waals surface area (Å²) in [6.45, 7) is 3.30. The number of methoxy groups -OCH3 is 1. The second-order valence-corrected chi connectivity index (χ2v) is 10.9. The number of hydrogen-bond donors (Lipinski definition) is 2. The van der Waals surface area contributed by atoms with E-state index in [0.717, 1.165) is 30.0 Å². The first-order chi connectivity index (χ1) is 17.5. The number of hydrogen-bond acceptors (Lipinski definition) is 4. The van der Waals surface area contributed by atoms with Gasteiger partial charge in [-0.15, -0.1) is 0 Å². The van der Waals surface area contributed by atoms with E-state index in [2.05, 4.69) is 34.0 Å². The number of likely N-dealkylation sites (tertiary alicyclic amines) is 1. The molecule has 0 radical (unpaired) electrons. The molecule has 7 nitrogen and oxygen atoms in total. The Hall–Kier alpha value is -3.03. The van der Waals surface area contributed by atoms with Crippen LogP contribution in [0.25, 0.3) is 10.9 Å². The number of aliphatic hydroxyl groups excluding tert-OH is 1. The van der Waals surface area contributed by atoms with E-state index in [1.165, 1.54) is 42.3 Å². The van der Waals surface area contributed by atoms with E-state index in [1.54, 1.807) is 7.11 Å². The van der Waals surface area contributed by atoms with E-state index in [9.17, 15) is 9.90 Å². The number of rotatable bonds is 5. The highest BCUT2D eigenvalue weighted by Gasteiger charge is 2.54. The Morgan fingerprint density at radius 1 is 1.11 bits per heavy atom. The first kappa shape index (κ1) is 23.4. The van der Waals surface area contributed by atoms with Crippen LogP contribution in [0.15, 0.2) is 48.5 Å². The van der Waals surface area contributed by atoms with Crippen molar-refractivity contribution in [2.75, 3.05) is 45.2 Å². The normalized spacial score (nSPS) is 21.5. The molecule has 2 N–H and O–H groups in total. The largest absolute Gasteiger partial charge is 0.497 e. The molecule has 7 heteroatoms. The van der Waals surface area contributed by atoms with Crippen LogP contribution in [0.4, 0.5) is 10.5 Å². The van der Waals surface area contributed by atoms with Gasteiger partial charge in [-0.25, -0.2) is 4.79 Å². The molecule has 1 aliphatic carbocycles. The van der Waals surface area contributed by atoms with E-state index in [0.29, 0.717) is 19.0 Å². The molecular formula is C29H36N4O3. The second-order valence-electron chi connectivity index (χ2n) is 10.9. The van der Waals surface area contributed by atoms with Crippen LogP contribution in [0.5, 0.6) is 5.75 Å². The Morgan fingerprint density at radius 2 is 1.86 bits per heavy atom. The lowest BCUT2D eigenvalue weighted by atomic mass is 9.68. The van der Waals surface area contributed by atoms with Crippen molar-refractivity contribution in [2.24, 2.45) is 13.0 Å². The summed E-state index contributed by atoms with van der Waals surface area (Å²) in [5, 5.41) is 14.9. The minimum atomic E-state index is -0.151. The predicted molar refractivity (Wildman–Crippen MR) is 142 cm³/mol. The van der Waals surface area contributed by atoms with Crippen molar-refractivity contribution in [2.45, 2.75) is 37.1 Å². The molecule has 2 amide bonds. The highest BCUT2D eigenvalue weighted by Crippen LogP contribution is 2.50. The van der Waals surface area contributed by atoms with Crippen molar-refractivity contribution in [1.82, 2.24) is 14.4 Å². The Kier molecular flexibility index (Phi) is 5.92. The number of ether oxygens (including phenoxy) is 1. The molecule has 6 rings (SSSR count). The van der Waals surface area contributed by atoms with Crippen LogP contribution >= 0.6 is 0 Å². The van der Waals surface area contributed by atoms with Crippen molar-refractivity contribution in [3.05, 3.63) is 59.8 Å². The van der Waals surface area contributed by atoms with E-state index in [1.807, 2.05) is 41.3 Å². The molecule has 1 saturated heterocycles. The summed E-state index contributed by atoms with van der Waals surface area (Å²) in [5.41, 5.74) is 4.27. The number of carbonyl (C=O) groups excluding carboxylic acids is 1. The number of nitrogens with one attached hydrogen (secondary N) is 1. The maximum Gasteiger partial charge on any atom is 0.321 e. The number of aryl methyl sites for hydroxylation is 1. The lowest BCUT2D eigenvalue weighted by Crippen LogP contribution is -2.68. The van der Waals surface area contributed by atoms with E-state index in [-0.39, 0.29) is 24.1 Å². The zero-order valence-corrected chi connectivity index (χ0v) is 21.2. The van der Waals surface area contributed by atoms with Crippen LogP contribution in [-0.2, 0) is 12.5 Å². The number of fused-ring (bicyclic) bond motifs is 4. The first-order valence-corrected chi connectivity index (χ1v) is 13.2. The summed E-state index contributed by atoms with van der Waals surface area (Å²) in [6.07, 6.45) is 5.15. The fraction of sp³-hybridized carbons (Fsp3) is 0.483. The third-order valence-corrected chi connectivity index (χ3v) is 8.69. The van der Waals surface area contributed by atoms with Crippen LogP contribution in [0.3, 0.4) is 0 Å². The summed E-state index contributed by atoms with van der Waals surface area (Å²) < 4.78 is 7.79. The lowest BCUT2D eigenvalue weighted by Gasteiger charge is -2.56. The highest BCUT2D eigenvalue weighted by atomic mass is 16.5. The maximum atomic E-state index is 13.1. The molecule has 190 valence electrons. The maximum absolute atomic E-state index is 13.1. The van der Waals surface area contributed by atoms with Gasteiger partial charge in [0.05, 0.1) is 25.3 Å². The molecule has 2 aliphatic heterocycles. The number of para-hydroxylation sites is 1. The van der Waals surface area contributed by atoms with E-state index in [4.69, 9.17) is 4.74 Å². The second kappa shape index (κ2) is 9.12. The lowest BCUT2D eigenvalue weighted by molar-refractivity contribution is 0.00823. The van der Waals surface area contributed by atoms with Gasteiger partial charge in [0.2, 0.25) is 0 Å². The SMILES string of the molecule is COc1ccc2c3c(n(C)c2c1)[C@H](CO)N(CC1CCCC1)CC31CN(C(=O)Nc2ccccc2)C1. The molecule has 0 bridgehead atoms. The van der Waals surface area contributed by atoms with Crippen molar-refractivity contribution >= 4 is 22.6 Å². The van der Waals surface area contributed by atoms with E-state index >= 15 is 0 Å². The van der Waals surface area contributed by atoms with Crippen molar-refractivity contribution in [3.63, 3.8) is 0 Å².